The Morgan fingerprint density at radius 1 is 0.923 bits per heavy atom. The molecular formula is C19H19F3N2O2. The Morgan fingerprint density at radius 3 is 2.23 bits per heavy atom. The topological polar surface area (TPSA) is 58.2 Å². The van der Waals surface area contributed by atoms with Crippen molar-refractivity contribution in [2.24, 2.45) is 5.41 Å². The maximum atomic E-state index is 13.7. The van der Waals surface area contributed by atoms with Gasteiger partial charge in [-0.1, -0.05) is 30.3 Å². The van der Waals surface area contributed by atoms with E-state index >= 15 is 0 Å². The zero-order chi connectivity index (χ0) is 19.3. The second-order valence-corrected chi connectivity index (χ2v) is 6.29. The third-order valence-electron chi connectivity index (χ3n) is 3.96. The highest BCUT2D eigenvalue weighted by Crippen LogP contribution is 2.23. The van der Waals surface area contributed by atoms with Crippen LogP contribution >= 0.6 is 0 Å². The van der Waals surface area contributed by atoms with E-state index in [4.69, 9.17) is 0 Å². The monoisotopic (exact) mass is 364 g/mol. The molecule has 0 saturated carbocycles. The molecule has 0 aliphatic heterocycles. The van der Waals surface area contributed by atoms with Crippen LogP contribution in [0.25, 0.3) is 0 Å². The first-order valence-corrected chi connectivity index (χ1v) is 8.00. The summed E-state index contributed by atoms with van der Waals surface area (Å²) in [6.45, 7) is 3.04. The van der Waals surface area contributed by atoms with E-state index in [-0.39, 0.29) is 0 Å². The number of hydrogen-bond donors (Lipinski definition) is 2. The quantitative estimate of drug-likeness (QED) is 0.610. The molecule has 0 aromatic heterocycles. The Kier molecular flexibility index (Phi) is 6.02. The highest BCUT2D eigenvalue weighted by atomic mass is 19.2. The van der Waals surface area contributed by atoms with Crippen molar-refractivity contribution in [3.63, 3.8) is 0 Å². The molecular weight excluding hydrogens is 345 g/mol. The van der Waals surface area contributed by atoms with Crippen LogP contribution in [-0.2, 0) is 16.0 Å². The molecule has 0 atom stereocenters. The molecule has 0 aliphatic rings. The van der Waals surface area contributed by atoms with Crippen LogP contribution in [0.3, 0.4) is 0 Å². The Bertz CT molecular complexity index is 808. The molecule has 26 heavy (non-hydrogen) atoms. The maximum absolute atomic E-state index is 13.7. The van der Waals surface area contributed by atoms with Gasteiger partial charge in [-0.15, -0.1) is 0 Å². The van der Waals surface area contributed by atoms with Gasteiger partial charge in [-0.3, -0.25) is 9.59 Å². The molecule has 0 fully saturated rings. The summed E-state index contributed by atoms with van der Waals surface area (Å²) in [5, 5.41) is 4.77. The zero-order valence-corrected chi connectivity index (χ0v) is 14.4. The van der Waals surface area contributed by atoms with E-state index in [1.165, 1.54) is 13.8 Å². The number of carbonyl (C=O) groups excluding carboxylic acids is 2. The molecule has 4 nitrogen and oxygen atoms in total. The zero-order valence-electron chi connectivity index (χ0n) is 14.4. The molecule has 2 N–H and O–H groups in total. The van der Waals surface area contributed by atoms with E-state index in [1.807, 2.05) is 30.3 Å². The normalized spacial score (nSPS) is 11.1. The minimum Gasteiger partial charge on any atom is -0.355 e. The second kappa shape index (κ2) is 8.03. The van der Waals surface area contributed by atoms with Crippen LogP contribution < -0.4 is 10.6 Å². The molecule has 0 spiro atoms. The first-order valence-electron chi connectivity index (χ1n) is 8.00. The van der Waals surface area contributed by atoms with Crippen LogP contribution in [0.15, 0.2) is 42.5 Å². The third-order valence-corrected chi connectivity index (χ3v) is 3.96. The number of anilines is 1. The van der Waals surface area contributed by atoms with E-state index in [0.29, 0.717) is 19.0 Å². The van der Waals surface area contributed by atoms with Gasteiger partial charge < -0.3 is 10.6 Å². The summed E-state index contributed by atoms with van der Waals surface area (Å²) in [7, 11) is 0. The van der Waals surface area contributed by atoms with Crippen molar-refractivity contribution < 1.29 is 22.8 Å². The number of amides is 2. The molecule has 0 unspecified atom stereocenters. The fourth-order valence-corrected chi connectivity index (χ4v) is 2.19. The lowest BCUT2D eigenvalue weighted by Gasteiger charge is -2.23. The number of hydrogen-bond acceptors (Lipinski definition) is 2. The van der Waals surface area contributed by atoms with Gasteiger partial charge in [0, 0.05) is 6.54 Å². The van der Waals surface area contributed by atoms with E-state index in [9.17, 15) is 22.8 Å². The molecule has 0 bridgehead atoms. The molecule has 7 heteroatoms. The number of rotatable bonds is 6. The van der Waals surface area contributed by atoms with Crippen molar-refractivity contribution >= 4 is 17.5 Å². The largest absolute Gasteiger partial charge is 0.355 e. The number of carbonyl (C=O) groups is 2. The molecule has 2 amide bonds. The van der Waals surface area contributed by atoms with Crippen molar-refractivity contribution in [3.8, 4) is 0 Å². The summed E-state index contributed by atoms with van der Waals surface area (Å²) in [6.07, 6.45) is 0.585. The predicted molar refractivity (Wildman–Crippen MR) is 91.9 cm³/mol. The summed E-state index contributed by atoms with van der Waals surface area (Å²) in [6, 6.07) is 11.1. The predicted octanol–water partition coefficient (Wildman–Crippen LogP) is 3.43. The van der Waals surface area contributed by atoms with Gasteiger partial charge in [-0.05, 0) is 38.0 Å². The standard InChI is InChI=1S/C19H19F3N2O2/c1-19(2,17(25)23-11-10-12-6-4-3-5-7-12)18(26)24-14-9-8-13(20)15(21)16(14)22/h3-9H,10-11H2,1-2H3,(H,23,25)(H,24,26). The van der Waals surface area contributed by atoms with Gasteiger partial charge in [0.1, 0.15) is 5.41 Å². The molecule has 2 aromatic carbocycles. The van der Waals surface area contributed by atoms with Crippen molar-refractivity contribution in [3.05, 3.63) is 65.5 Å². The first-order chi connectivity index (χ1) is 12.2. The lowest BCUT2D eigenvalue weighted by atomic mass is 9.90. The minimum atomic E-state index is -1.69. The number of nitrogens with one attached hydrogen (secondary N) is 2. The first kappa shape index (κ1) is 19.5. The summed E-state index contributed by atoms with van der Waals surface area (Å²) >= 11 is 0. The molecule has 138 valence electrons. The Morgan fingerprint density at radius 2 is 1.58 bits per heavy atom. The molecule has 0 aliphatic carbocycles. The van der Waals surface area contributed by atoms with E-state index in [2.05, 4.69) is 10.6 Å². The minimum absolute atomic E-state index is 0.319. The van der Waals surface area contributed by atoms with Gasteiger partial charge in [0.2, 0.25) is 11.8 Å². The van der Waals surface area contributed by atoms with Crippen LogP contribution in [-0.4, -0.2) is 18.4 Å². The van der Waals surface area contributed by atoms with Crippen molar-refractivity contribution in [1.82, 2.24) is 5.32 Å². The van der Waals surface area contributed by atoms with Crippen molar-refractivity contribution in [2.45, 2.75) is 20.3 Å². The SMILES string of the molecule is CC(C)(C(=O)NCCc1ccccc1)C(=O)Nc1ccc(F)c(F)c1F. The molecule has 0 saturated heterocycles. The van der Waals surface area contributed by atoms with E-state index in [0.717, 1.165) is 11.6 Å². The van der Waals surface area contributed by atoms with Gasteiger partial charge >= 0.3 is 0 Å². The summed E-state index contributed by atoms with van der Waals surface area (Å²) in [5.41, 5.74) is -1.04. The Labute approximate surface area is 149 Å². The van der Waals surface area contributed by atoms with Crippen LogP contribution in [0.4, 0.5) is 18.9 Å². The maximum Gasteiger partial charge on any atom is 0.239 e. The number of halogens is 3. The fraction of sp³-hybridized carbons (Fsp3) is 0.263. The van der Waals surface area contributed by atoms with Crippen LogP contribution in [0.2, 0.25) is 0 Å². The van der Waals surface area contributed by atoms with E-state index < -0.39 is 40.4 Å². The smallest absolute Gasteiger partial charge is 0.239 e. The van der Waals surface area contributed by atoms with Gasteiger partial charge in [0.05, 0.1) is 5.69 Å². The average Bonchev–Trinajstić information content (AvgIpc) is 2.62. The average molecular weight is 364 g/mol. The van der Waals surface area contributed by atoms with Gasteiger partial charge in [-0.25, -0.2) is 13.2 Å². The molecule has 2 rings (SSSR count). The Hall–Kier alpha value is -2.83. The van der Waals surface area contributed by atoms with Crippen molar-refractivity contribution in [2.75, 3.05) is 11.9 Å². The number of benzene rings is 2. The molecule has 2 aromatic rings. The van der Waals surface area contributed by atoms with Gasteiger partial charge in [0.25, 0.3) is 0 Å². The molecule has 0 heterocycles. The lowest BCUT2D eigenvalue weighted by Crippen LogP contribution is -2.45. The fourth-order valence-electron chi connectivity index (χ4n) is 2.19. The van der Waals surface area contributed by atoms with Crippen LogP contribution in [0, 0.1) is 22.9 Å². The highest BCUT2D eigenvalue weighted by Gasteiger charge is 2.36. The second-order valence-electron chi connectivity index (χ2n) is 6.29. The lowest BCUT2D eigenvalue weighted by molar-refractivity contribution is -0.138. The Balaban J connectivity index is 1.98. The third kappa shape index (κ3) is 4.41. The summed E-state index contributed by atoms with van der Waals surface area (Å²) in [5.74, 6) is -5.96. The van der Waals surface area contributed by atoms with Crippen LogP contribution in [0.5, 0.6) is 0 Å². The van der Waals surface area contributed by atoms with Crippen LogP contribution in [0.1, 0.15) is 19.4 Å². The van der Waals surface area contributed by atoms with E-state index in [1.54, 1.807) is 0 Å². The van der Waals surface area contributed by atoms with Crippen molar-refractivity contribution in [1.29, 1.82) is 0 Å². The molecule has 0 radical (unpaired) electrons. The van der Waals surface area contributed by atoms with Gasteiger partial charge in [0.15, 0.2) is 17.5 Å². The summed E-state index contributed by atoms with van der Waals surface area (Å²) < 4.78 is 39.9. The van der Waals surface area contributed by atoms with Gasteiger partial charge in [-0.2, -0.15) is 0 Å². The highest BCUT2D eigenvalue weighted by molar-refractivity contribution is 6.09. The summed E-state index contributed by atoms with van der Waals surface area (Å²) in [4.78, 5) is 24.6.